The van der Waals surface area contributed by atoms with Gasteiger partial charge < -0.3 is 5.11 Å². The van der Waals surface area contributed by atoms with E-state index in [2.05, 4.69) is 6.92 Å². The van der Waals surface area contributed by atoms with Crippen LogP contribution in [-0.2, 0) is 14.4 Å². The number of nitrogens with zero attached hydrogens (tertiary/aromatic N) is 1. The lowest BCUT2D eigenvalue weighted by molar-refractivity contribution is -0.136. The predicted octanol–water partition coefficient (Wildman–Crippen LogP) is 5.12. The molecule has 0 fully saturated rings. The molecule has 0 saturated heterocycles. The smallest absolute Gasteiger partial charge is 0.323 e. The predicted molar refractivity (Wildman–Crippen MR) is 116 cm³/mol. The minimum atomic E-state index is -1.07. The Kier molecular flexibility index (Phi) is 11.6. The molecule has 0 bridgehead atoms. The Hall–Kier alpha value is -1.82. The highest BCUT2D eigenvalue weighted by Gasteiger charge is 2.22. The number of amides is 1. The van der Waals surface area contributed by atoms with Crippen LogP contribution in [0.1, 0.15) is 69.4 Å². The van der Waals surface area contributed by atoms with Crippen molar-refractivity contribution in [1.82, 2.24) is 0 Å². The normalized spacial score (nSPS) is 10.7. The van der Waals surface area contributed by atoms with Crippen LogP contribution >= 0.6 is 11.8 Å². The number of rotatable bonds is 13. The Balaban J connectivity index is 2.51. The summed E-state index contributed by atoms with van der Waals surface area (Å²) in [6.45, 7) is 5.48. The van der Waals surface area contributed by atoms with Crippen LogP contribution in [-0.4, -0.2) is 34.4 Å². The molecular weight excluding hydrogens is 374 g/mol. The molecule has 28 heavy (non-hydrogen) atoms. The molecule has 1 amide bonds. The third kappa shape index (κ3) is 8.91. The van der Waals surface area contributed by atoms with Gasteiger partial charge in [-0.05, 0) is 31.4 Å². The third-order valence-corrected chi connectivity index (χ3v) is 5.56. The number of thioether (sulfide) groups is 1. The van der Waals surface area contributed by atoms with E-state index in [0.717, 1.165) is 42.2 Å². The number of para-hydroxylation sites is 1. The molecule has 0 saturated carbocycles. The molecule has 156 valence electrons. The van der Waals surface area contributed by atoms with Crippen molar-refractivity contribution in [3.05, 3.63) is 29.3 Å². The monoisotopic (exact) mass is 407 g/mol. The van der Waals surface area contributed by atoms with Crippen LogP contribution in [0.25, 0.3) is 0 Å². The minimum absolute atomic E-state index is 0.00121. The van der Waals surface area contributed by atoms with Crippen LogP contribution < -0.4 is 4.90 Å². The van der Waals surface area contributed by atoms with Gasteiger partial charge in [0.2, 0.25) is 5.91 Å². The summed E-state index contributed by atoms with van der Waals surface area (Å²) in [5, 5.41) is 9.21. The van der Waals surface area contributed by atoms with E-state index in [4.69, 9.17) is 0 Å². The quantitative estimate of drug-likeness (QED) is 0.459. The van der Waals surface area contributed by atoms with Gasteiger partial charge in [-0.15, -0.1) is 0 Å². The Labute approximate surface area is 172 Å². The summed E-state index contributed by atoms with van der Waals surface area (Å²) in [6, 6.07) is 5.57. The fourth-order valence-corrected chi connectivity index (χ4v) is 3.91. The number of aliphatic carboxylic acids is 1. The molecule has 1 aromatic rings. The summed E-state index contributed by atoms with van der Waals surface area (Å²) in [5.74, 6) is -1.45. The molecular formula is C22H33NO4S. The van der Waals surface area contributed by atoms with Gasteiger partial charge in [0.1, 0.15) is 6.54 Å². The van der Waals surface area contributed by atoms with Crippen molar-refractivity contribution >= 4 is 34.4 Å². The first-order valence-corrected chi connectivity index (χ1v) is 11.1. The van der Waals surface area contributed by atoms with Gasteiger partial charge in [0, 0.05) is 6.42 Å². The van der Waals surface area contributed by atoms with Gasteiger partial charge in [-0.2, -0.15) is 0 Å². The van der Waals surface area contributed by atoms with Crippen LogP contribution in [0.3, 0.4) is 0 Å². The van der Waals surface area contributed by atoms with Gasteiger partial charge in [-0.25, -0.2) is 0 Å². The van der Waals surface area contributed by atoms with E-state index in [-0.39, 0.29) is 16.8 Å². The number of carboxylic acids is 1. The second-order valence-electron chi connectivity index (χ2n) is 7.15. The highest BCUT2D eigenvalue weighted by Crippen LogP contribution is 2.25. The summed E-state index contributed by atoms with van der Waals surface area (Å²) < 4.78 is 0. The number of hydrogen-bond acceptors (Lipinski definition) is 4. The lowest BCUT2D eigenvalue weighted by Gasteiger charge is -2.24. The first kappa shape index (κ1) is 24.2. The summed E-state index contributed by atoms with van der Waals surface area (Å²) in [4.78, 5) is 37.3. The van der Waals surface area contributed by atoms with Gasteiger partial charge >= 0.3 is 5.97 Å². The average Bonchev–Trinajstić information content (AvgIpc) is 2.64. The number of hydrogen-bond donors (Lipinski definition) is 1. The van der Waals surface area contributed by atoms with Crippen LogP contribution in [0.2, 0.25) is 0 Å². The maximum atomic E-state index is 12.7. The first-order valence-electron chi connectivity index (χ1n) is 10.1. The Morgan fingerprint density at radius 1 is 0.964 bits per heavy atom. The van der Waals surface area contributed by atoms with Gasteiger partial charge in [0.05, 0.1) is 11.4 Å². The fraction of sp³-hybridized carbons (Fsp3) is 0.591. The number of unbranched alkanes of at least 4 members (excludes halogenated alkanes) is 6. The van der Waals surface area contributed by atoms with E-state index >= 15 is 0 Å². The maximum absolute atomic E-state index is 12.7. The molecule has 6 heteroatoms. The van der Waals surface area contributed by atoms with E-state index in [9.17, 15) is 19.5 Å². The summed E-state index contributed by atoms with van der Waals surface area (Å²) in [5.41, 5.74) is 2.30. The Bertz CT molecular complexity index is 640. The molecule has 5 nitrogen and oxygen atoms in total. The molecule has 0 heterocycles. The summed E-state index contributed by atoms with van der Waals surface area (Å²) >= 11 is 0.995. The van der Waals surface area contributed by atoms with Crippen molar-refractivity contribution in [1.29, 1.82) is 0 Å². The molecule has 1 rings (SSSR count). The van der Waals surface area contributed by atoms with Gasteiger partial charge in [-0.3, -0.25) is 19.3 Å². The van der Waals surface area contributed by atoms with Crippen molar-refractivity contribution in [2.75, 3.05) is 17.2 Å². The lowest BCUT2D eigenvalue weighted by atomic mass is 10.1. The van der Waals surface area contributed by atoms with Crippen LogP contribution in [0.15, 0.2) is 18.2 Å². The van der Waals surface area contributed by atoms with Crippen LogP contribution in [0, 0.1) is 13.8 Å². The van der Waals surface area contributed by atoms with Crippen molar-refractivity contribution in [3.63, 3.8) is 0 Å². The largest absolute Gasteiger partial charge is 0.480 e. The van der Waals surface area contributed by atoms with Crippen LogP contribution in [0.4, 0.5) is 5.69 Å². The number of anilines is 1. The molecule has 0 aliphatic rings. The Morgan fingerprint density at radius 2 is 1.54 bits per heavy atom. The highest BCUT2D eigenvalue weighted by molar-refractivity contribution is 8.14. The van der Waals surface area contributed by atoms with Gasteiger partial charge in [-0.1, -0.05) is 75.4 Å². The molecule has 0 aliphatic heterocycles. The van der Waals surface area contributed by atoms with Crippen molar-refractivity contribution in [2.45, 2.75) is 72.1 Å². The zero-order valence-electron chi connectivity index (χ0n) is 17.3. The van der Waals surface area contributed by atoms with E-state index in [0.29, 0.717) is 12.1 Å². The van der Waals surface area contributed by atoms with E-state index in [1.165, 1.54) is 30.6 Å². The highest BCUT2D eigenvalue weighted by atomic mass is 32.2. The summed E-state index contributed by atoms with van der Waals surface area (Å²) in [6.07, 6.45) is 8.47. The van der Waals surface area contributed by atoms with Crippen molar-refractivity contribution in [2.24, 2.45) is 0 Å². The topological polar surface area (TPSA) is 74.7 Å². The number of carbonyl (C=O) groups excluding carboxylic acids is 2. The zero-order chi connectivity index (χ0) is 20.9. The molecule has 1 N–H and O–H groups in total. The number of carboxylic acid groups (broad SMARTS) is 1. The van der Waals surface area contributed by atoms with Crippen molar-refractivity contribution in [3.8, 4) is 0 Å². The summed E-state index contributed by atoms with van der Waals surface area (Å²) in [7, 11) is 0. The molecule has 0 aliphatic carbocycles. The average molecular weight is 408 g/mol. The second-order valence-corrected chi connectivity index (χ2v) is 8.18. The third-order valence-electron chi connectivity index (χ3n) is 4.64. The molecule has 0 unspecified atom stereocenters. The lowest BCUT2D eigenvalue weighted by Crippen LogP contribution is -2.38. The molecule has 0 radical (unpaired) electrons. The fourth-order valence-electron chi connectivity index (χ4n) is 3.18. The molecule has 0 spiro atoms. The molecule has 0 atom stereocenters. The second kappa shape index (κ2) is 13.4. The maximum Gasteiger partial charge on any atom is 0.323 e. The number of aryl methyl sites for hydroxylation is 2. The van der Waals surface area contributed by atoms with Gasteiger partial charge in [0.25, 0.3) is 0 Å². The van der Waals surface area contributed by atoms with Gasteiger partial charge in [0.15, 0.2) is 5.12 Å². The zero-order valence-corrected chi connectivity index (χ0v) is 18.1. The molecule has 1 aromatic carbocycles. The van der Waals surface area contributed by atoms with E-state index in [1.807, 2.05) is 32.0 Å². The SMILES string of the molecule is CCCCCCCCCC(=O)SCC(=O)N(CC(=O)O)c1c(C)cccc1C. The Morgan fingerprint density at radius 3 is 2.11 bits per heavy atom. The first-order chi connectivity index (χ1) is 13.4. The van der Waals surface area contributed by atoms with Crippen LogP contribution in [0.5, 0.6) is 0 Å². The molecule has 0 aromatic heterocycles. The van der Waals surface area contributed by atoms with Crippen molar-refractivity contribution < 1.29 is 19.5 Å². The van der Waals surface area contributed by atoms with E-state index in [1.54, 1.807) is 0 Å². The standard InChI is InChI=1S/C22H33NO4S/c1-4-5-6-7-8-9-10-14-21(27)28-16-19(24)23(15-20(25)26)22-17(2)12-11-13-18(22)3/h11-13H,4-10,14-16H2,1-3H3,(H,25,26). The van der Waals surface area contributed by atoms with E-state index < -0.39 is 12.5 Å². The number of benzene rings is 1. The number of carbonyl (C=O) groups is 3. The minimum Gasteiger partial charge on any atom is -0.480 e.